The lowest BCUT2D eigenvalue weighted by Gasteiger charge is -2.07. The minimum absolute atomic E-state index is 0.409. The Kier molecular flexibility index (Phi) is 7.64. The van der Waals surface area contributed by atoms with E-state index >= 15 is 0 Å². The van der Waals surface area contributed by atoms with Gasteiger partial charge in [0.05, 0.1) is 6.21 Å². The summed E-state index contributed by atoms with van der Waals surface area (Å²) in [4.78, 5) is 22.9. The number of rotatable bonds is 7. The van der Waals surface area contributed by atoms with Crippen LogP contribution < -0.4 is 15.5 Å². The van der Waals surface area contributed by atoms with E-state index in [9.17, 15) is 9.59 Å². The van der Waals surface area contributed by atoms with E-state index in [4.69, 9.17) is 16.3 Å². The highest BCUT2D eigenvalue weighted by Gasteiger charge is 2.10. The summed E-state index contributed by atoms with van der Waals surface area (Å²) in [5, 5.41) is 6.93. The van der Waals surface area contributed by atoms with Crippen LogP contribution in [0.2, 0.25) is 5.02 Å². The van der Waals surface area contributed by atoms with E-state index in [0.717, 1.165) is 17.5 Å². The lowest BCUT2D eigenvalue weighted by Crippen LogP contribution is -2.38. The molecule has 7 heteroatoms. The Morgan fingerprint density at radius 2 is 1.92 bits per heavy atom. The molecule has 0 aliphatic heterocycles. The van der Waals surface area contributed by atoms with Gasteiger partial charge in [0.1, 0.15) is 12.4 Å². The largest absolute Gasteiger partial charge is 0.489 e. The van der Waals surface area contributed by atoms with E-state index in [1.165, 1.54) is 6.21 Å². The quantitative estimate of drug-likeness (QED) is 0.445. The van der Waals surface area contributed by atoms with E-state index < -0.39 is 11.8 Å². The molecule has 0 aliphatic rings. The highest BCUT2D eigenvalue weighted by molar-refractivity contribution is 6.35. The number of carbonyl (C=O) groups is 2. The van der Waals surface area contributed by atoms with Gasteiger partial charge in [0.2, 0.25) is 0 Å². The van der Waals surface area contributed by atoms with Gasteiger partial charge in [-0.3, -0.25) is 9.59 Å². The normalized spacial score (nSPS) is 10.5. The van der Waals surface area contributed by atoms with Crippen LogP contribution in [0.3, 0.4) is 0 Å². The summed E-state index contributed by atoms with van der Waals surface area (Å²) in [6, 6.07) is 14.6. The van der Waals surface area contributed by atoms with Crippen LogP contribution >= 0.6 is 11.6 Å². The number of hydrazone groups is 1. The zero-order valence-corrected chi connectivity index (χ0v) is 15.1. The molecule has 6 nitrogen and oxygen atoms in total. The van der Waals surface area contributed by atoms with E-state index in [-0.39, 0.29) is 0 Å². The Morgan fingerprint density at radius 1 is 1.15 bits per heavy atom. The number of halogens is 1. The van der Waals surface area contributed by atoms with Crippen molar-refractivity contribution < 1.29 is 14.3 Å². The molecule has 2 aromatic rings. The smallest absolute Gasteiger partial charge is 0.329 e. The Bertz CT molecular complexity index is 776. The maximum absolute atomic E-state index is 11.5. The molecule has 0 aliphatic carbocycles. The van der Waals surface area contributed by atoms with E-state index in [1.54, 1.807) is 6.07 Å². The number of nitrogens with one attached hydrogen (secondary N) is 2. The van der Waals surface area contributed by atoms with Crippen LogP contribution in [0.5, 0.6) is 5.75 Å². The molecule has 2 aromatic carbocycles. The predicted molar refractivity (Wildman–Crippen MR) is 101 cm³/mol. The van der Waals surface area contributed by atoms with Gasteiger partial charge in [0.25, 0.3) is 0 Å². The van der Waals surface area contributed by atoms with Crippen molar-refractivity contribution in [3.63, 3.8) is 0 Å². The number of benzene rings is 2. The zero-order valence-electron chi connectivity index (χ0n) is 14.4. The first-order valence-electron chi connectivity index (χ1n) is 8.17. The summed E-state index contributed by atoms with van der Waals surface area (Å²) in [5.74, 6) is -0.843. The third kappa shape index (κ3) is 6.57. The molecule has 0 heterocycles. The van der Waals surface area contributed by atoms with Crippen molar-refractivity contribution in [3.8, 4) is 5.75 Å². The highest BCUT2D eigenvalue weighted by Crippen LogP contribution is 2.15. The summed E-state index contributed by atoms with van der Waals surface area (Å²) in [6.45, 7) is 2.76. The molecule has 2 N–H and O–H groups in total. The Labute approximate surface area is 157 Å². The molecule has 2 rings (SSSR count). The van der Waals surface area contributed by atoms with Gasteiger partial charge in [-0.1, -0.05) is 42.8 Å². The van der Waals surface area contributed by atoms with E-state index in [0.29, 0.717) is 23.9 Å². The molecule has 2 amide bonds. The topological polar surface area (TPSA) is 79.8 Å². The molecule has 0 atom stereocenters. The Morgan fingerprint density at radius 3 is 2.65 bits per heavy atom. The van der Waals surface area contributed by atoms with Gasteiger partial charge in [-0.05, 0) is 41.8 Å². The van der Waals surface area contributed by atoms with Crippen LogP contribution in [-0.4, -0.2) is 24.6 Å². The number of nitrogens with zero attached hydrogens (tertiary/aromatic N) is 1. The van der Waals surface area contributed by atoms with Crippen LogP contribution in [0.15, 0.2) is 53.6 Å². The van der Waals surface area contributed by atoms with E-state index in [2.05, 4.69) is 15.8 Å². The number of hydrogen-bond donors (Lipinski definition) is 2. The molecule has 0 unspecified atom stereocenters. The molecule has 136 valence electrons. The first-order chi connectivity index (χ1) is 12.6. The first kappa shape index (κ1) is 19.5. The second-order valence-corrected chi connectivity index (χ2v) is 5.88. The van der Waals surface area contributed by atoms with Crippen molar-refractivity contribution in [3.05, 3.63) is 64.7 Å². The average Bonchev–Trinajstić information content (AvgIpc) is 2.66. The molecule has 0 fully saturated rings. The maximum atomic E-state index is 11.5. The lowest BCUT2D eigenvalue weighted by molar-refractivity contribution is -0.139. The van der Waals surface area contributed by atoms with Crippen molar-refractivity contribution in [2.24, 2.45) is 5.10 Å². The second-order valence-electron chi connectivity index (χ2n) is 5.44. The number of amides is 2. The maximum Gasteiger partial charge on any atom is 0.329 e. The van der Waals surface area contributed by atoms with Gasteiger partial charge in [-0.2, -0.15) is 5.10 Å². The minimum atomic E-state index is -0.801. The lowest BCUT2D eigenvalue weighted by atomic mass is 10.2. The van der Waals surface area contributed by atoms with Crippen LogP contribution in [-0.2, 0) is 16.2 Å². The molecule has 26 heavy (non-hydrogen) atoms. The van der Waals surface area contributed by atoms with Gasteiger partial charge in [0, 0.05) is 11.6 Å². The second kappa shape index (κ2) is 10.2. The van der Waals surface area contributed by atoms with Crippen molar-refractivity contribution >= 4 is 29.6 Å². The van der Waals surface area contributed by atoms with Gasteiger partial charge >= 0.3 is 11.8 Å². The molecule has 0 aromatic heterocycles. The molecular weight excluding hydrogens is 354 g/mol. The van der Waals surface area contributed by atoms with Crippen molar-refractivity contribution in [2.45, 2.75) is 20.0 Å². The van der Waals surface area contributed by atoms with Gasteiger partial charge in [-0.15, -0.1) is 0 Å². The van der Waals surface area contributed by atoms with Crippen LogP contribution in [0.25, 0.3) is 0 Å². The van der Waals surface area contributed by atoms with Crippen LogP contribution in [0.4, 0.5) is 0 Å². The molecule has 0 radical (unpaired) electrons. The fourth-order valence-electron chi connectivity index (χ4n) is 1.97. The molecular formula is C19H20ClN3O3. The number of hydrogen-bond acceptors (Lipinski definition) is 4. The minimum Gasteiger partial charge on any atom is -0.489 e. The fraction of sp³-hybridized carbons (Fsp3) is 0.211. The van der Waals surface area contributed by atoms with Crippen LogP contribution in [0.1, 0.15) is 24.5 Å². The predicted octanol–water partition coefficient (Wildman–Crippen LogP) is 2.90. The summed E-state index contributed by atoms with van der Waals surface area (Å²) in [7, 11) is 0. The molecule has 0 saturated heterocycles. The summed E-state index contributed by atoms with van der Waals surface area (Å²) < 4.78 is 5.73. The Hall–Kier alpha value is -2.86. The Balaban J connectivity index is 1.86. The third-order valence-electron chi connectivity index (χ3n) is 3.30. The monoisotopic (exact) mass is 373 g/mol. The zero-order chi connectivity index (χ0) is 18.8. The van der Waals surface area contributed by atoms with Crippen LogP contribution in [0, 0.1) is 0 Å². The summed E-state index contributed by atoms with van der Waals surface area (Å²) in [6.07, 6.45) is 2.20. The van der Waals surface area contributed by atoms with Gasteiger partial charge in [0.15, 0.2) is 0 Å². The van der Waals surface area contributed by atoms with Crippen molar-refractivity contribution in [1.82, 2.24) is 10.7 Å². The standard InChI is InChI=1S/C19H20ClN3O3/c1-2-10-21-18(24)19(25)23-22-12-15-4-3-5-17(11-15)26-13-14-6-8-16(20)9-7-14/h3-9,11-12H,2,10,13H2,1H3,(H,21,24)(H,23,25)/b22-12-. The third-order valence-corrected chi connectivity index (χ3v) is 3.55. The molecule has 0 saturated carbocycles. The van der Waals surface area contributed by atoms with Crippen molar-refractivity contribution in [2.75, 3.05) is 6.54 Å². The van der Waals surface area contributed by atoms with E-state index in [1.807, 2.05) is 49.4 Å². The fourth-order valence-corrected chi connectivity index (χ4v) is 2.09. The van der Waals surface area contributed by atoms with Gasteiger partial charge < -0.3 is 10.1 Å². The highest BCUT2D eigenvalue weighted by atomic mass is 35.5. The average molecular weight is 374 g/mol. The number of carbonyl (C=O) groups excluding carboxylic acids is 2. The van der Waals surface area contributed by atoms with Crippen molar-refractivity contribution in [1.29, 1.82) is 0 Å². The molecule has 0 bridgehead atoms. The van der Waals surface area contributed by atoms with Gasteiger partial charge in [-0.25, -0.2) is 5.43 Å². The first-order valence-corrected chi connectivity index (χ1v) is 8.55. The summed E-state index contributed by atoms with van der Waals surface area (Å²) in [5.41, 5.74) is 3.92. The SMILES string of the molecule is CCCNC(=O)C(=O)N/N=C\c1cccc(OCc2ccc(Cl)cc2)c1. The summed E-state index contributed by atoms with van der Waals surface area (Å²) >= 11 is 5.85. The molecule has 0 spiro atoms. The number of ether oxygens (including phenoxy) is 1.